The van der Waals surface area contributed by atoms with Gasteiger partial charge in [0, 0.05) is 0 Å². The van der Waals surface area contributed by atoms with Gasteiger partial charge in [0.25, 0.3) is 0 Å². The lowest BCUT2D eigenvalue weighted by molar-refractivity contribution is 0.742. The van der Waals surface area contributed by atoms with Crippen LogP contribution in [0.3, 0.4) is 0 Å². The summed E-state index contributed by atoms with van der Waals surface area (Å²) in [5.74, 6) is 1.28. The van der Waals surface area contributed by atoms with Crippen LogP contribution >= 0.6 is 0 Å². The highest BCUT2D eigenvalue weighted by Gasteiger charge is 2.13. The molecule has 0 N–H and O–H groups in total. The molecule has 0 bridgehead atoms. The molecule has 1 aromatic rings. The zero-order valence-electron chi connectivity index (χ0n) is 11.5. The van der Waals surface area contributed by atoms with Crippen LogP contribution < -0.4 is 0 Å². The molecule has 0 spiro atoms. The monoisotopic (exact) mass is 218 g/mol. The van der Waals surface area contributed by atoms with Gasteiger partial charge in [0.15, 0.2) is 0 Å². The minimum absolute atomic E-state index is 0.638. The summed E-state index contributed by atoms with van der Waals surface area (Å²) in [5, 5.41) is 0. The Morgan fingerprint density at radius 2 is 1.69 bits per heavy atom. The van der Waals surface area contributed by atoms with Crippen LogP contribution in [0.15, 0.2) is 18.2 Å². The van der Waals surface area contributed by atoms with Crippen molar-refractivity contribution in [3.05, 3.63) is 34.9 Å². The number of hydrogen-bond acceptors (Lipinski definition) is 0. The highest BCUT2D eigenvalue weighted by Crippen LogP contribution is 2.30. The molecule has 0 aliphatic carbocycles. The molecule has 0 aliphatic rings. The Morgan fingerprint density at radius 1 is 1.00 bits per heavy atom. The summed E-state index contributed by atoms with van der Waals surface area (Å²) in [7, 11) is 0. The predicted octanol–water partition coefficient (Wildman–Crippen LogP) is 5.28. The quantitative estimate of drug-likeness (QED) is 0.631. The highest BCUT2D eigenvalue weighted by molar-refractivity contribution is 5.39. The van der Waals surface area contributed by atoms with Crippen molar-refractivity contribution in [3.63, 3.8) is 0 Å². The number of rotatable bonds is 5. The van der Waals surface area contributed by atoms with E-state index >= 15 is 0 Å². The largest absolute Gasteiger partial charge is 0.0654 e. The zero-order valence-corrected chi connectivity index (χ0v) is 11.5. The summed E-state index contributed by atoms with van der Waals surface area (Å²) in [5.41, 5.74) is 4.72. The normalized spacial score (nSPS) is 11.4. The molecule has 0 atom stereocenters. The van der Waals surface area contributed by atoms with Crippen molar-refractivity contribution in [2.75, 3.05) is 0 Å². The van der Waals surface area contributed by atoms with Gasteiger partial charge < -0.3 is 0 Å². The van der Waals surface area contributed by atoms with Crippen LogP contribution in [0.4, 0.5) is 0 Å². The summed E-state index contributed by atoms with van der Waals surface area (Å²) in [6.07, 6.45) is 3.83. The molecule has 0 saturated heterocycles. The van der Waals surface area contributed by atoms with Crippen molar-refractivity contribution in [2.45, 2.75) is 65.7 Å². The molecule has 16 heavy (non-hydrogen) atoms. The smallest absolute Gasteiger partial charge is 0.0213 e. The third-order valence-electron chi connectivity index (χ3n) is 3.23. The Balaban J connectivity index is 3.11. The zero-order chi connectivity index (χ0) is 12.1. The second kappa shape index (κ2) is 6.08. The van der Waals surface area contributed by atoms with Gasteiger partial charge in [-0.2, -0.15) is 0 Å². The molecule has 0 unspecified atom stereocenters. The molecular weight excluding hydrogens is 192 g/mol. The number of benzene rings is 1. The first-order chi connectivity index (χ1) is 7.57. The van der Waals surface area contributed by atoms with E-state index in [1.807, 2.05) is 0 Å². The van der Waals surface area contributed by atoms with Crippen LogP contribution in [0, 0.1) is 0 Å². The van der Waals surface area contributed by atoms with Gasteiger partial charge in [0.1, 0.15) is 0 Å². The van der Waals surface area contributed by atoms with Crippen LogP contribution in [0.25, 0.3) is 0 Å². The Hall–Kier alpha value is -0.780. The van der Waals surface area contributed by atoms with E-state index in [1.54, 1.807) is 16.7 Å². The van der Waals surface area contributed by atoms with Crippen LogP contribution in [0.1, 0.15) is 76.0 Å². The number of hydrogen-bond donors (Lipinski definition) is 0. The molecule has 0 heterocycles. The van der Waals surface area contributed by atoms with Crippen molar-refractivity contribution in [1.82, 2.24) is 0 Å². The molecule has 0 fully saturated rings. The van der Waals surface area contributed by atoms with E-state index < -0.39 is 0 Å². The van der Waals surface area contributed by atoms with Crippen molar-refractivity contribution in [3.8, 4) is 0 Å². The van der Waals surface area contributed by atoms with Gasteiger partial charge in [0.2, 0.25) is 0 Å². The molecule has 90 valence electrons. The van der Waals surface area contributed by atoms with E-state index in [9.17, 15) is 0 Å². The molecule has 1 rings (SSSR count). The van der Waals surface area contributed by atoms with Crippen LogP contribution in [0.5, 0.6) is 0 Å². The predicted molar refractivity (Wildman–Crippen MR) is 73.2 cm³/mol. The molecule has 1 aromatic carbocycles. The Morgan fingerprint density at radius 3 is 2.19 bits per heavy atom. The second-order valence-corrected chi connectivity index (χ2v) is 5.33. The molecule has 0 nitrogen and oxygen atoms in total. The minimum Gasteiger partial charge on any atom is -0.0654 e. The van der Waals surface area contributed by atoms with Gasteiger partial charge in [0.05, 0.1) is 0 Å². The first-order valence-electron chi connectivity index (χ1n) is 6.69. The van der Waals surface area contributed by atoms with Crippen molar-refractivity contribution in [2.24, 2.45) is 0 Å². The van der Waals surface area contributed by atoms with Crippen molar-refractivity contribution in [1.29, 1.82) is 0 Å². The number of aryl methyl sites for hydroxylation is 1. The molecule has 0 aliphatic heterocycles. The van der Waals surface area contributed by atoms with Crippen LogP contribution in [-0.4, -0.2) is 0 Å². The van der Waals surface area contributed by atoms with Crippen molar-refractivity contribution < 1.29 is 0 Å². The van der Waals surface area contributed by atoms with E-state index in [2.05, 4.69) is 52.8 Å². The first-order valence-corrected chi connectivity index (χ1v) is 6.69. The van der Waals surface area contributed by atoms with Crippen molar-refractivity contribution >= 4 is 0 Å². The summed E-state index contributed by atoms with van der Waals surface area (Å²) in [6, 6.07) is 6.85. The summed E-state index contributed by atoms with van der Waals surface area (Å²) in [4.78, 5) is 0. The fourth-order valence-corrected chi connectivity index (χ4v) is 2.43. The van der Waals surface area contributed by atoms with E-state index in [4.69, 9.17) is 0 Å². The fourth-order valence-electron chi connectivity index (χ4n) is 2.43. The van der Waals surface area contributed by atoms with Gasteiger partial charge in [-0.25, -0.2) is 0 Å². The molecule has 0 saturated carbocycles. The summed E-state index contributed by atoms with van der Waals surface area (Å²) >= 11 is 0. The molecular formula is C16H26. The SMILES string of the molecule is CCCCc1cccc(C(C)C)c1C(C)C. The Labute approximate surface area is 101 Å². The number of unbranched alkanes of at least 4 members (excludes halogenated alkanes) is 1. The molecule has 0 aromatic heterocycles. The molecule has 0 heteroatoms. The maximum absolute atomic E-state index is 2.32. The highest BCUT2D eigenvalue weighted by atomic mass is 14.2. The van der Waals surface area contributed by atoms with E-state index in [1.165, 1.54) is 19.3 Å². The van der Waals surface area contributed by atoms with Gasteiger partial charge >= 0.3 is 0 Å². The maximum Gasteiger partial charge on any atom is -0.0213 e. The van der Waals surface area contributed by atoms with E-state index in [-0.39, 0.29) is 0 Å². The fraction of sp³-hybridized carbons (Fsp3) is 0.625. The van der Waals surface area contributed by atoms with Crippen LogP contribution in [0.2, 0.25) is 0 Å². The van der Waals surface area contributed by atoms with Gasteiger partial charge in [-0.1, -0.05) is 59.2 Å². The third kappa shape index (κ3) is 3.10. The maximum atomic E-state index is 2.32. The van der Waals surface area contributed by atoms with Gasteiger partial charge in [-0.15, -0.1) is 0 Å². The Bertz CT molecular complexity index is 321. The lowest BCUT2D eigenvalue weighted by atomic mass is 9.85. The van der Waals surface area contributed by atoms with E-state index in [0.29, 0.717) is 11.8 Å². The second-order valence-electron chi connectivity index (χ2n) is 5.33. The molecule has 0 amide bonds. The standard InChI is InChI=1S/C16H26/c1-6-7-9-14-10-8-11-15(12(2)3)16(14)13(4)5/h8,10-13H,6-7,9H2,1-5H3. The lowest BCUT2D eigenvalue weighted by Crippen LogP contribution is -2.03. The lowest BCUT2D eigenvalue weighted by Gasteiger charge is -2.20. The van der Waals surface area contributed by atoms with E-state index in [0.717, 1.165) is 0 Å². The van der Waals surface area contributed by atoms with Gasteiger partial charge in [-0.3, -0.25) is 0 Å². The minimum atomic E-state index is 0.638. The topological polar surface area (TPSA) is 0 Å². The molecule has 0 radical (unpaired) electrons. The van der Waals surface area contributed by atoms with Gasteiger partial charge in [-0.05, 0) is 41.4 Å². The third-order valence-corrected chi connectivity index (χ3v) is 3.23. The Kier molecular flexibility index (Phi) is 5.05. The first kappa shape index (κ1) is 13.3. The summed E-state index contributed by atoms with van der Waals surface area (Å²) < 4.78 is 0. The average molecular weight is 218 g/mol. The van der Waals surface area contributed by atoms with Crippen LogP contribution in [-0.2, 0) is 6.42 Å². The summed E-state index contributed by atoms with van der Waals surface area (Å²) in [6.45, 7) is 11.5. The average Bonchev–Trinajstić information content (AvgIpc) is 2.25.